The highest BCUT2D eigenvalue weighted by Gasteiger charge is 2.19. The van der Waals surface area contributed by atoms with Crippen molar-refractivity contribution in [2.75, 3.05) is 14.1 Å². The summed E-state index contributed by atoms with van der Waals surface area (Å²) >= 11 is 1.07. The van der Waals surface area contributed by atoms with Crippen LogP contribution in [-0.2, 0) is 16.0 Å². The molecule has 1 amide bonds. The molecule has 0 aliphatic rings. The zero-order valence-electron chi connectivity index (χ0n) is 15.4. The summed E-state index contributed by atoms with van der Waals surface area (Å²) in [6, 6.07) is 16.5. The molecule has 26 heavy (non-hydrogen) atoms. The molecule has 0 spiro atoms. The first-order valence-electron chi connectivity index (χ1n) is 8.43. The predicted octanol–water partition coefficient (Wildman–Crippen LogP) is 2.98. The zero-order valence-corrected chi connectivity index (χ0v) is 16.2. The monoisotopic (exact) mass is 374 g/mol. The largest absolute Gasteiger partial charge is 0.507 e. The Morgan fingerprint density at radius 3 is 2.15 bits per heavy atom. The van der Waals surface area contributed by atoms with Crippen LogP contribution >= 0.6 is 11.8 Å². The minimum Gasteiger partial charge on any atom is -0.507 e. The summed E-state index contributed by atoms with van der Waals surface area (Å²) in [6.45, 7) is 1.82. The SMILES string of the molecule is CCC(=O)NC.CN[C@@H](Cc1ccccc1)C(=O)Sc1ccccc1O. The number of hydrogen-bond acceptors (Lipinski definition) is 5. The number of thioether (sulfide) groups is 1. The number of para-hydroxylation sites is 1. The first kappa shape index (κ1) is 21.7. The van der Waals surface area contributed by atoms with Crippen molar-refractivity contribution in [3.8, 4) is 5.75 Å². The third kappa shape index (κ3) is 7.72. The van der Waals surface area contributed by atoms with Crippen molar-refractivity contribution in [3.05, 3.63) is 60.2 Å². The van der Waals surface area contributed by atoms with Gasteiger partial charge in [0, 0.05) is 13.5 Å². The fourth-order valence-electron chi connectivity index (χ4n) is 2.05. The minimum absolute atomic E-state index is 0.00199. The van der Waals surface area contributed by atoms with Crippen molar-refractivity contribution in [2.45, 2.75) is 30.7 Å². The second kappa shape index (κ2) is 12.1. The average molecular weight is 375 g/mol. The topological polar surface area (TPSA) is 78.4 Å². The van der Waals surface area contributed by atoms with E-state index in [1.165, 1.54) is 0 Å². The van der Waals surface area contributed by atoms with Gasteiger partial charge in [0.25, 0.3) is 0 Å². The molecule has 2 rings (SSSR count). The lowest BCUT2D eigenvalue weighted by Gasteiger charge is -2.14. The minimum atomic E-state index is -0.276. The van der Waals surface area contributed by atoms with Crippen LogP contribution < -0.4 is 10.6 Å². The molecule has 2 aromatic rings. The Hall–Kier alpha value is -2.31. The lowest BCUT2D eigenvalue weighted by atomic mass is 10.1. The van der Waals surface area contributed by atoms with Gasteiger partial charge in [-0.2, -0.15) is 0 Å². The van der Waals surface area contributed by atoms with Gasteiger partial charge in [-0.1, -0.05) is 49.4 Å². The van der Waals surface area contributed by atoms with Gasteiger partial charge in [0.15, 0.2) is 0 Å². The Morgan fingerprint density at radius 1 is 1.04 bits per heavy atom. The van der Waals surface area contributed by atoms with E-state index in [4.69, 9.17) is 0 Å². The van der Waals surface area contributed by atoms with Crippen molar-refractivity contribution in [1.82, 2.24) is 10.6 Å². The van der Waals surface area contributed by atoms with Crippen molar-refractivity contribution >= 4 is 22.8 Å². The molecule has 0 saturated heterocycles. The van der Waals surface area contributed by atoms with E-state index in [0.29, 0.717) is 17.7 Å². The average Bonchev–Trinajstić information content (AvgIpc) is 2.68. The highest BCUT2D eigenvalue weighted by atomic mass is 32.2. The van der Waals surface area contributed by atoms with Crippen molar-refractivity contribution in [3.63, 3.8) is 0 Å². The van der Waals surface area contributed by atoms with E-state index in [2.05, 4.69) is 10.6 Å². The number of rotatable bonds is 6. The number of phenolic OH excluding ortho intramolecular Hbond substituents is 1. The first-order chi connectivity index (χ1) is 12.5. The maximum absolute atomic E-state index is 12.3. The first-order valence-corrected chi connectivity index (χ1v) is 9.24. The Bertz CT molecular complexity index is 686. The van der Waals surface area contributed by atoms with E-state index >= 15 is 0 Å². The van der Waals surface area contributed by atoms with Gasteiger partial charge in [-0.15, -0.1) is 0 Å². The summed E-state index contributed by atoms with van der Waals surface area (Å²) < 4.78 is 0. The molecule has 0 radical (unpaired) electrons. The number of carbonyl (C=O) groups is 2. The molecular formula is C20H26N2O3S. The van der Waals surface area contributed by atoms with Crippen LogP contribution in [0, 0.1) is 0 Å². The number of amides is 1. The van der Waals surface area contributed by atoms with E-state index in [9.17, 15) is 14.7 Å². The van der Waals surface area contributed by atoms with E-state index in [1.54, 1.807) is 38.4 Å². The summed E-state index contributed by atoms with van der Waals surface area (Å²) in [4.78, 5) is 22.9. The van der Waals surface area contributed by atoms with Gasteiger partial charge >= 0.3 is 0 Å². The summed E-state index contributed by atoms with van der Waals surface area (Å²) in [5.41, 5.74) is 1.11. The molecule has 3 N–H and O–H groups in total. The van der Waals surface area contributed by atoms with Crippen molar-refractivity contribution in [1.29, 1.82) is 0 Å². The number of likely N-dealkylation sites (N-methyl/N-ethyl adjacent to an activating group) is 1. The van der Waals surface area contributed by atoms with Crippen molar-refractivity contribution in [2.24, 2.45) is 0 Å². The molecule has 0 aliphatic heterocycles. The van der Waals surface area contributed by atoms with Crippen LogP contribution in [0.5, 0.6) is 5.75 Å². The van der Waals surface area contributed by atoms with Gasteiger partial charge < -0.3 is 15.7 Å². The van der Waals surface area contributed by atoms with Crippen LogP contribution in [0.3, 0.4) is 0 Å². The molecule has 0 fully saturated rings. The Labute approximate surface area is 159 Å². The van der Waals surface area contributed by atoms with E-state index in [-0.39, 0.29) is 22.8 Å². The Morgan fingerprint density at radius 2 is 1.65 bits per heavy atom. The second-order valence-corrected chi connectivity index (χ2v) is 6.49. The van der Waals surface area contributed by atoms with Crippen LogP contribution in [0.15, 0.2) is 59.5 Å². The number of benzene rings is 2. The van der Waals surface area contributed by atoms with E-state index in [1.807, 2.05) is 37.3 Å². The summed E-state index contributed by atoms with van der Waals surface area (Å²) in [5.74, 6) is 0.232. The summed E-state index contributed by atoms with van der Waals surface area (Å²) in [5, 5.41) is 15.2. The second-order valence-electron chi connectivity index (χ2n) is 5.45. The number of nitrogens with one attached hydrogen (secondary N) is 2. The van der Waals surface area contributed by atoms with E-state index in [0.717, 1.165) is 17.3 Å². The molecule has 140 valence electrons. The van der Waals surface area contributed by atoms with Crippen LogP contribution in [0.1, 0.15) is 18.9 Å². The predicted molar refractivity (Wildman–Crippen MR) is 106 cm³/mol. The molecule has 0 aromatic heterocycles. The van der Waals surface area contributed by atoms with Crippen LogP contribution in [0.25, 0.3) is 0 Å². The highest BCUT2D eigenvalue weighted by Crippen LogP contribution is 2.29. The molecule has 0 aliphatic carbocycles. The number of hydrogen-bond donors (Lipinski definition) is 3. The van der Waals surface area contributed by atoms with Gasteiger partial charge in [-0.05, 0) is 42.9 Å². The van der Waals surface area contributed by atoms with Gasteiger partial charge in [0.1, 0.15) is 5.75 Å². The third-order valence-corrected chi connectivity index (χ3v) is 4.64. The molecule has 1 atom stereocenters. The molecule has 5 nitrogen and oxygen atoms in total. The molecule has 0 bridgehead atoms. The van der Waals surface area contributed by atoms with Crippen LogP contribution in [0.2, 0.25) is 0 Å². The maximum Gasteiger partial charge on any atom is 0.219 e. The lowest BCUT2D eigenvalue weighted by molar-refractivity contribution is -0.120. The summed E-state index contributed by atoms with van der Waals surface area (Å²) in [7, 11) is 3.41. The van der Waals surface area contributed by atoms with Crippen molar-refractivity contribution < 1.29 is 14.7 Å². The van der Waals surface area contributed by atoms with Crippen LogP contribution in [-0.4, -0.2) is 36.3 Å². The maximum atomic E-state index is 12.3. The fourth-order valence-corrected chi connectivity index (χ4v) is 2.93. The van der Waals surface area contributed by atoms with Gasteiger partial charge in [0.2, 0.25) is 11.0 Å². The standard InChI is InChI=1S/C16H17NO2S.C4H9NO/c1-17-13(11-12-7-3-2-4-8-12)16(19)20-15-10-6-5-9-14(15)18;1-3-4(6)5-2/h2-10,13,17-18H,11H2,1H3;3H2,1-2H3,(H,5,6)/t13-;/m0./s1. The quantitative estimate of drug-likeness (QED) is 0.678. The molecule has 2 aromatic carbocycles. The highest BCUT2D eigenvalue weighted by molar-refractivity contribution is 8.13. The number of phenols is 1. The van der Waals surface area contributed by atoms with Crippen LogP contribution in [0.4, 0.5) is 0 Å². The smallest absolute Gasteiger partial charge is 0.219 e. The van der Waals surface area contributed by atoms with Gasteiger partial charge in [-0.3, -0.25) is 9.59 Å². The number of carbonyl (C=O) groups excluding carboxylic acids is 2. The lowest BCUT2D eigenvalue weighted by Crippen LogP contribution is -2.34. The molecule has 0 heterocycles. The summed E-state index contributed by atoms with van der Waals surface area (Å²) in [6.07, 6.45) is 1.22. The third-order valence-electron chi connectivity index (χ3n) is 3.59. The molecular weight excluding hydrogens is 348 g/mol. The van der Waals surface area contributed by atoms with E-state index < -0.39 is 0 Å². The van der Waals surface area contributed by atoms with Gasteiger partial charge in [0.05, 0.1) is 10.9 Å². The van der Waals surface area contributed by atoms with Gasteiger partial charge in [-0.25, -0.2) is 0 Å². The molecule has 0 unspecified atom stereocenters. The molecule has 6 heteroatoms. The Balaban J connectivity index is 0.000000487. The molecule has 0 saturated carbocycles. The normalized spacial score (nSPS) is 11.0. The number of aromatic hydroxyl groups is 1. The zero-order chi connectivity index (χ0) is 19.4. The fraction of sp³-hybridized carbons (Fsp3) is 0.300. The Kier molecular flexibility index (Phi) is 10.1.